The number of ether oxygens (including phenoxy) is 1. The highest BCUT2D eigenvalue weighted by molar-refractivity contribution is 7.87. The standard InChI is InChI=1S/C11H21N3O3S2/c12-10(18)11(4-2-1-3-5-11)13-19(15,16)14-6-8-17-9-7-14/h13H,1-9H2,(H2,12,18). The molecule has 3 N–H and O–H groups in total. The summed E-state index contributed by atoms with van der Waals surface area (Å²) in [6.45, 7) is 1.62. The van der Waals surface area contributed by atoms with Crippen LogP contribution in [0.1, 0.15) is 32.1 Å². The van der Waals surface area contributed by atoms with Crippen LogP contribution >= 0.6 is 12.2 Å². The summed E-state index contributed by atoms with van der Waals surface area (Å²) in [5, 5.41) is 0. The summed E-state index contributed by atoms with van der Waals surface area (Å²) in [6.07, 6.45) is 4.37. The zero-order chi connectivity index (χ0) is 13.9. The van der Waals surface area contributed by atoms with E-state index < -0.39 is 15.7 Å². The van der Waals surface area contributed by atoms with Gasteiger partial charge in [0.1, 0.15) is 0 Å². The molecule has 110 valence electrons. The van der Waals surface area contributed by atoms with Crippen molar-refractivity contribution in [3.63, 3.8) is 0 Å². The Balaban J connectivity index is 2.13. The molecule has 1 saturated carbocycles. The zero-order valence-electron chi connectivity index (χ0n) is 10.9. The van der Waals surface area contributed by atoms with Crippen LogP contribution in [0.5, 0.6) is 0 Å². The van der Waals surface area contributed by atoms with Crippen molar-refractivity contribution in [2.75, 3.05) is 26.3 Å². The smallest absolute Gasteiger partial charge is 0.280 e. The molecule has 0 radical (unpaired) electrons. The Bertz CT molecular complexity index is 426. The van der Waals surface area contributed by atoms with E-state index in [2.05, 4.69) is 4.72 Å². The summed E-state index contributed by atoms with van der Waals surface area (Å²) in [6, 6.07) is 0. The molecular formula is C11H21N3O3S2. The second-order valence-electron chi connectivity index (χ2n) is 5.13. The summed E-state index contributed by atoms with van der Waals surface area (Å²) in [7, 11) is -3.55. The van der Waals surface area contributed by atoms with Crippen LogP contribution in [0.25, 0.3) is 0 Å². The van der Waals surface area contributed by atoms with Gasteiger partial charge in [-0.25, -0.2) is 0 Å². The molecule has 2 aliphatic rings. The summed E-state index contributed by atoms with van der Waals surface area (Å²) < 4.78 is 34.2. The topological polar surface area (TPSA) is 84.7 Å². The summed E-state index contributed by atoms with van der Waals surface area (Å²) in [5.74, 6) is 0. The summed E-state index contributed by atoms with van der Waals surface area (Å²) in [5.41, 5.74) is 5.05. The number of nitrogens with two attached hydrogens (primary N) is 1. The SMILES string of the molecule is NC(=S)C1(NS(=O)(=O)N2CCOCC2)CCCCC1. The molecule has 19 heavy (non-hydrogen) atoms. The van der Waals surface area contributed by atoms with Gasteiger partial charge in [-0.05, 0) is 12.8 Å². The first-order valence-electron chi connectivity index (χ1n) is 6.63. The van der Waals surface area contributed by atoms with Gasteiger partial charge in [0.05, 0.1) is 23.7 Å². The molecule has 0 amide bonds. The van der Waals surface area contributed by atoms with Gasteiger partial charge in [0.2, 0.25) is 0 Å². The fourth-order valence-electron chi connectivity index (χ4n) is 2.65. The molecule has 0 spiro atoms. The van der Waals surface area contributed by atoms with Gasteiger partial charge in [-0.3, -0.25) is 0 Å². The van der Waals surface area contributed by atoms with E-state index in [0.29, 0.717) is 39.1 Å². The Morgan fingerprint density at radius 1 is 1.21 bits per heavy atom. The minimum absolute atomic E-state index is 0.254. The molecule has 1 heterocycles. The molecular weight excluding hydrogens is 286 g/mol. The van der Waals surface area contributed by atoms with E-state index >= 15 is 0 Å². The maximum atomic E-state index is 12.4. The van der Waals surface area contributed by atoms with E-state index in [9.17, 15) is 8.42 Å². The van der Waals surface area contributed by atoms with E-state index in [1.165, 1.54) is 4.31 Å². The van der Waals surface area contributed by atoms with Gasteiger partial charge < -0.3 is 10.5 Å². The fourth-order valence-corrected chi connectivity index (χ4v) is 4.54. The zero-order valence-corrected chi connectivity index (χ0v) is 12.6. The molecule has 0 aromatic heterocycles. The van der Waals surface area contributed by atoms with E-state index in [1.807, 2.05) is 0 Å². The van der Waals surface area contributed by atoms with Crippen LogP contribution < -0.4 is 10.5 Å². The lowest BCUT2D eigenvalue weighted by molar-refractivity contribution is 0.0720. The third kappa shape index (κ3) is 3.43. The first-order chi connectivity index (χ1) is 8.96. The molecule has 0 unspecified atom stereocenters. The van der Waals surface area contributed by atoms with Crippen molar-refractivity contribution < 1.29 is 13.2 Å². The lowest BCUT2D eigenvalue weighted by Gasteiger charge is -2.38. The van der Waals surface area contributed by atoms with Crippen LogP contribution in [0.4, 0.5) is 0 Å². The van der Waals surface area contributed by atoms with Crippen molar-refractivity contribution in [1.82, 2.24) is 9.03 Å². The lowest BCUT2D eigenvalue weighted by atomic mass is 9.82. The Kier molecular flexibility index (Phi) is 4.78. The highest BCUT2D eigenvalue weighted by Crippen LogP contribution is 2.29. The fraction of sp³-hybridized carbons (Fsp3) is 0.909. The molecule has 2 rings (SSSR count). The van der Waals surface area contributed by atoms with Gasteiger partial charge in [-0.15, -0.1) is 0 Å². The minimum atomic E-state index is -3.55. The molecule has 0 atom stereocenters. The van der Waals surface area contributed by atoms with Gasteiger partial charge in [-0.2, -0.15) is 17.4 Å². The molecule has 1 aliphatic heterocycles. The quantitative estimate of drug-likeness (QED) is 0.722. The van der Waals surface area contributed by atoms with Crippen molar-refractivity contribution in [2.45, 2.75) is 37.6 Å². The normalized spacial score (nSPS) is 25.1. The second kappa shape index (κ2) is 6.01. The van der Waals surface area contributed by atoms with Gasteiger partial charge >= 0.3 is 0 Å². The monoisotopic (exact) mass is 307 g/mol. The molecule has 0 aromatic rings. The lowest BCUT2D eigenvalue weighted by Crippen LogP contribution is -2.61. The van der Waals surface area contributed by atoms with Crippen LogP contribution in [-0.4, -0.2) is 49.6 Å². The van der Waals surface area contributed by atoms with E-state index in [4.69, 9.17) is 22.7 Å². The second-order valence-corrected chi connectivity index (χ2v) is 7.24. The van der Waals surface area contributed by atoms with Gasteiger partial charge in [0, 0.05) is 13.1 Å². The molecule has 8 heteroatoms. The van der Waals surface area contributed by atoms with E-state index in [1.54, 1.807) is 0 Å². The minimum Gasteiger partial charge on any atom is -0.392 e. The number of hydrogen-bond donors (Lipinski definition) is 2. The first kappa shape index (κ1) is 15.1. The van der Waals surface area contributed by atoms with E-state index in [0.717, 1.165) is 19.3 Å². The maximum Gasteiger partial charge on any atom is 0.280 e. The Hall–Kier alpha value is -0.280. The number of rotatable bonds is 4. The molecule has 1 saturated heterocycles. The number of morpholine rings is 1. The van der Waals surface area contributed by atoms with Crippen molar-refractivity contribution in [3.8, 4) is 0 Å². The van der Waals surface area contributed by atoms with Gasteiger partial charge in [0.15, 0.2) is 0 Å². The van der Waals surface area contributed by atoms with Crippen molar-refractivity contribution in [1.29, 1.82) is 0 Å². The molecule has 0 aromatic carbocycles. The average Bonchev–Trinajstić information content (AvgIpc) is 2.40. The third-order valence-corrected chi connectivity index (χ3v) is 5.90. The first-order valence-corrected chi connectivity index (χ1v) is 8.48. The largest absolute Gasteiger partial charge is 0.392 e. The summed E-state index contributed by atoms with van der Waals surface area (Å²) in [4.78, 5) is 0.254. The van der Waals surface area contributed by atoms with Gasteiger partial charge in [0.25, 0.3) is 10.2 Å². The van der Waals surface area contributed by atoms with Crippen LogP contribution in [0.15, 0.2) is 0 Å². The number of hydrogen-bond acceptors (Lipinski definition) is 4. The Morgan fingerprint density at radius 2 is 1.79 bits per heavy atom. The van der Waals surface area contributed by atoms with Crippen LogP contribution in [0, 0.1) is 0 Å². The predicted molar refractivity (Wildman–Crippen MR) is 77.0 cm³/mol. The van der Waals surface area contributed by atoms with Crippen molar-refractivity contribution in [3.05, 3.63) is 0 Å². The van der Waals surface area contributed by atoms with Crippen molar-refractivity contribution in [2.24, 2.45) is 5.73 Å². The van der Waals surface area contributed by atoms with Crippen LogP contribution in [0.2, 0.25) is 0 Å². The third-order valence-electron chi connectivity index (χ3n) is 3.81. The molecule has 6 nitrogen and oxygen atoms in total. The highest BCUT2D eigenvalue weighted by Gasteiger charge is 2.40. The molecule has 1 aliphatic carbocycles. The number of nitrogens with zero attached hydrogens (tertiary/aromatic N) is 1. The van der Waals surface area contributed by atoms with Crippen LogP contribution in [0.3, 0.4) is 0 Å². The predicted octanol–water partition coefficient (Wildman–Crippen LogP) is 0.142. The Labute approximate surface area is 119 Å². The summed E-state index contributed by atoms with van der Waals surface area (Å²) >= 11 is 5.10. The Morgan fingerprint density at radius 3 is 2.32 bits per heavy atom. The van der Waals surface area contributed by atoms with E-state index in [-0.39, 0.29) is 4.99 Å². The van der Waals surface area contributed by atoms with Gasteiger partial charge in [-0.1, -0.05) is 31.5 Å². The van der Waals surface area contributed by atoms with Crippen LogP contribution in [-0.2, 0) is 14.9 Å². The number of thiocarbonyl (C=S) groups is 1. The highest BCUT2D eigenvalue weighted by atomic mass is 32.2. The maximum absolute atomic E-state index is 12.4. The average molecular weight is 307 g/mol. The van der Waals surface area contributed by atoms with Crippen molar-refractivity contribution >= 4 is 27.4 Å². The number of nitrogens with one attached hydrogen (secondary N) is 1. The molecule has 2 fully saturated rings. The molecule has 0 bridgehead atoms.